The predicted octanol–water partition coefficient (Wildman–Crippen LogP) is 4.09. The maximum Gasteiger partial charge on any atom is 0.153 e. The molecule has 0 saturated heterocycles. The molecule has 0 aliphatic heterocycles. The fourth-order valence-corrected chi connectivity index (χ4v) is 5.41. The molecule has 2 heteroatoms. The molecule has 20 heavy (non-hydrogen) atoms. The van der Waals surface area contributed by atoms with Crippen LogP contribution in [0.4, 0.5) is 0 Å². The van der Waals surface area contributed by atoms with E-state index in [9.17, 15) is 4.79 Å². The van der Waals surface area contributed by atoms with Gasteiger partial charge < -0.3 is 4.74 Å². The van der Waals surface area contributed by atoms with Gasteiger partial charge in [-0.25, -0.2) is 0 Å². The van der Waals surface area contributed by atoms with Crippen LogP contribution in [0, 0.1) is 23.2 Å². The Morgan fingerprint density at radius 3 is 2.25 bits per heavy atom. The summed E-state index contributed by atoms with van der Waals surface area (Å²) in [6.07, 6.45) is 9.33. The summed E-state index contributed by atoms with van der Waals surface area (Å²) in [4.78, 5) is 11.1. The Hall–Kier alpha value is -1.31. The molecule has 4 aliphatic carbocycles. The standard InChI is InChI=1S/C18H22O2/c19-11-16-3-1-2-4-17(16)20-12-18-8-13-5-14(9-18)7-15(6-13)10-18/h1-4,11,13-15H,5-10,12H2. The third-order valence-corrected chi connectivity index (χ3v) is 5.74. The molecule has 0 spiro atoms. The molecule has 0 amide bonds. The van der Waals surface area contributed by atoms with Crippen molar-refractivity contribution in [1.82, 2.24) is 0 Å². The number of ether oxygens (including phenoxy) is 1. The van der Waals surface area contributed by atoms with E-state index in [1.165, 1.54) is 38.5 Å². The van der Waals surface area contributed by atoms with Crippen LogP contribution in [0.3, 0.4) is 0 Å². The predicted molar refractivity (Wildman–Crippen MR) is 77.9 cm³/mol. The number of rotatable bonds is 4. The Bertz CT molecular complexity index is 485. The second-order valence-electron chi connectivity index (χ2n) is 7.36. The van der Waals surface area contributed by atoms with Crippen LogP contribution in [-0.2, 0) is 0 Å². The van der Waals surface area contributed by atoms with E-state index in [1.807, 2.05) is 24.3 Å². The van der Waals surface area contributed by atoms with Gasteiger partial charge in [0.25, 0.3) is 0 Å². The lowest BCUT2D eigenvalue weighted by molar-refractivity contribution is -0.0745. The summed E-state index contributed by atoms with van der Waals surface area (Å²) in [6.45, 7) is 0.807. The highest BCUT2D eigenvalue weighted by Gasteiger charge is 2.51. The smallest absolute Gasteiger partial charge is 0.153 e. The number of benzene rings is 1. The average Bonchev–Trinajstić information content (AvgIpc) is 2.44. The molecule has 0 radical (unpaired) electrons. The van der Waals surface area contributed by atoms with Crippen LogP contribution < -0.4 is 4.74 Å². The quantitative estimate of drug-likeness (QED) is 0.770. The first kappa shape index (κ1) is 12.4. The monoisotopic (exact) mass is 270 g/mol. The summed E-state index contributed by atoms with van der Waals surface area (Å²) in [7, 11) is 0. The van der Waals surface area contributed by atoms with Crippen LogP contribution in [0.25, 0.3) is 0 Å². The van der Waals surface area contributed by atoms with E-state index in [0.29, 0.717) is 11.0 Å². The first-order valence-electron chi connectivity index (χ1n) is 7.93. The van der Waals surface area contributed by atoms with E-state index in [0.717, 1.165) is 36.4 Å². The molecule has 0 unspecified atom stereocenters. The number of carbonyl (C=O) groups excluding carboxylic acids is 1. The summed E-state index contributed by atoms with van der Waals surface area (Å²) >= 11 is 0. The van der Waals surface area contributed by atoms with Crippen LogP contribution in [0.1, 0.15) is 48.9 Å². The number of hydrogen-bond donors (Lipinski definition) is 0. The van der Waals surface area contributed by atoms with E-state index < -0.39 is 0 Å². The van der Waals surface area contributed by atoms with Gasteiger partial charge in [-0.2, -0.15) is 0 Å². The summed E-state index contributed by atoms with van der Waals surface area (Å²) in [5.41, 5.74) is 1.09. The van der Waals surface area contributed by atoms with Crippen molar-refractivity contribution in [2.24, 2.45) is 23.2 Å². The van der Waals surface area contributed by atoms with Gasteiger partial charge in [-0.1, -0.05) is 12.1 Å². The molecule has 4 bridgehead atoms. The molecule has 0 atom stereocenters. The first-order valence-corrected chi connectivity index (χ1v) is 7.93. The maximum absolute atomic E-state index is 11.1. The van der Waals surface area contributed by atoms with Gasteiger partial charge in [0.05, 0.1) is 12.2 Å². The fraction of sp³-hybridized carbons (Fsp3) is 0.611. The van der Waals surface area contributed by atoms with Gasteiger partial charge in [0, 0.05) is 5.41 Å². The number of para-hydroxylation sites is 1. The summed E-state index contributed by atoms with van der Waals surface area (Å²) in [6, 6.07) is 7.59. The molecule has 106 valence electrons. The van der Waals surface area contributed by atoms with Crippen molar-refractivity contribution in [2.45, 2.75) is 38.5 Å². The van der Waals surface area contributed by atoms with Crippen LogP contribution in [0.5, 0.6) is 5.75 Å². The van der Waals surface area contributed by atoms with Crippen LogP contribution in [0.2, 0.25) is 0 Å². The second kappa shape index (κ2) is 4.61. The molecule has 4 aliphatic rings. The molecule has 2 nitrogen and oxygen atoms in total. The highest BCUT2D eigenvalue weighted by Crippen LogP contribution is 2.60. The van der Waals surface area contributed by atoms with Gasteiger partial charge in [0.2, 0.25) is 0 Å². The van der Waals surface area contributed by atoms with Crippen molar-refractivity contribution >= 4 is 6.29 Å². The normalized spacial score (nSPS) is 37.9. The SMILES string of the molecule is O=Cc1ccccc1OCC12CC3CC(CC(C3)C1)C2. The second-order valence-corrected chi connectivity index (χ2v) is 7.36. The summed E-state index contributed by atoms with van der Waals surface area (Å²) < 4.78 is 6.08. The van der Waals surface area contributed by atoms with E-state index in [4.69, 9.17) is 4.74 Å². The Morgan fingerprint density at radius 1 is 1.05 bits per heavy atom. The summed E-state index contributed by atoms with van der Waals surface area (Å²) in [5.74, 6) is 3.61. The third kappa shape index (κ3) is 2.06. The van der Waals surface area contributed by atoms with Crippen LogP contribution in [-0.4, -0.2) is 12.9 Å². The van der Waals surface area contributed by atoms with Gasteiger partial charge in [0.1, 0.15) is 5.75 Å². The maximum atomic E-state index is 11.1. The molecule has 4 fully saturated rings. The van der Waals surface area contributed by atoms with E-state index >= 15 is 0 Å². The van der Waals surface area contributed by atoms with Gasteiger partial charge in [-0.05, 0) is 68.4 Å². The number of hydrogen-bond acceptors (Lipinski definition) is 2. The molecule has 4 saturated carbocycles. The molecule has 0 aromatic heterocycles. The highest BCUT2D eigenvalue weighted by molar-refractivity contribution is 5.79. The van der Waals surface area contributed by atoms with Crippen molar-refractivity contribution in [3.63, 3.8) is 0 Å². The largest absolute Gasteiger partial charge is 0.492 e. The van der Waals surface area contributed by atoms with Crippen LogP contribution in [0.15, 0.2) is 24.3 Å². The minimum Gasteiger partial charge on any atom is -0.492 e. The zero-order chi connectivity index (χ0) is 13.6. The van der Waals surface area contributed by atoms with Gasteiger partial charge in [-0.15, -0.1) is 0 Å². The molecule has 0 heterocycles. The molecule has 1 aromatic carbocycles. The van der Waals surface area contributed by atoms with E-state index in [1.54, 1.807) is 0 Å². The zero-order valence-corrected chi connectivity index (χ0v) is 11.9. The minimum atomic E-state index is 0.407. The fourth-order valence-electron chi connectivity index (χ4n) is 5.41. The average molecular weight is 270 g/mol. The van der Waals surface area contributed by atoms with Gasteiger partial charge in [-0.3, -0.25) is 4.79 Å². The van der Waals surface area contributed by atoms with Crippen molar-refractivity contribution in [3.8, 4) is 5.75 Å². The molecule has 0 N–H and O–H groups in total. The lowest BCUT2D eigenvalue weighted by Gasteiger charge is -2.56. The Labute approximate surface area is 120 Å². The Balaban J connectivity index is 1.50. The molecule has 5 rings (SSSR count). The highest BCUT2D eigenvalue weighted by atomic mass is 16.5. The van der Waals surface area contributed by atoms with E-state index in [-0.39, 0.29) is 0 Å². The van der Waals surface area contributed by atoms with Crippen LogP contribution >= 0.6 is 0 Å². The lowest BCUT2D eigenvalue weighted by Crippen LogP contribution is -2.48. The number of aldehydes is 1. The molecular weight excluding hydrogens is 248 g/mol. The Kier molecular flexibility index (Phi) is 2.87. The molecular formula is C18H22O2. The topological polar surface area (TPSA) is 26.3 Å². The van der Waals surface area contributed by atoms with Crippen molar-refractivity contribution in [1.29, 1.82) is 0 Å². The minimum absolute atomic E-state index is 0.407. The van der Waals surface area contributed by atoms with Crippen molar-refractivity contribution < 1.29 is 9.53 Å². The summed E-state index contributed by atoms with van der Waals surface area (Å²) in [5, 5.41) is 0. The molecule has 1 aromatic rings. The van der Waals surface area contributed by atoms with Crippen molar-refractivity contribution in [3.05, 3.63) is 29.8 Å². The lowest BCUT2D eigenvalue weighted by atomic mass is 9.50. The first-order chi connectivity index (χ1) is 9.76. The van der Waals surface area contributed by atoms with Gasteiger partial charge in [0.15, 0.2) is 6.29 Å². The Morgan fingerprint density at radius 2 is 1.65 bits per heavy atom. The number of carbonyl (C=O) groups is 1. The third-order valence-electron chi connectivity index (χ3n) is 5.74. The van der Waals surface area contributed by atoms with E-state index in [2.05, 4.69) is 0 Å². The zero-order valence-electron chi connectivity index (χ0n) is 11.9. The van der Waals surface area contributed by atoms with Gasteiger partial charge >= 0.3 is 0 Å². The van der Waals surface area contributed by atoms with Crippen molar-refractivity contribution in [2.75, 3.05) is 6.61 Å².